The summed E-state index contributed by atoms with van der Waals surface area (Å²) < 4.78 is 1.68. The molecule has 0 unspecified atom stereocenters. The summed E-state index contributed by atoms with van der Waals surface area (Å²) in [6.45, 7) is 2.16. The molecule has 1 amide bonds. The molecule has 28 heavy (non-hydrogen) atoms. The van der Waals surface area contributed by atoms with E-state index >= 15 is 0 Å². The minimum atomic E-state index is -0.672. The van der Waals surface area contributed by atoms with Crippen molar-refractivity contribution in [2.75, 3.05) is 0 Å². The summed E-state index contributed by atoms with van der Waals surface area (Å²) in [5, 5.41) is 18.0. The van der Waals surface area contributed by atoms with Crippen molar-refractivity contribution in [2.24, 2.45) is 0 Å². The molecule has 1 heterocycles. The van der Waals surface area contributed by atoms with Gasteiger partial charge in [-0.25, -0.2) is 10.2 Å². The van der Waals surface area contributed by atoms with E-state index in [2.05, 4.69) is 17.2 Å². The molecule has 0 saturated carbocycles. The standard InChI is InChI=1S/C22H26N4O2/c1-2-3-6-15-19-21(18-13-9-5-10-14-18)23-25-26(19)20(22(27)24-28)16-17-11-7-4-8-12-17/h4-5,7-14,20,28H,2-3,6,15-16H2,1H3,(H,24,27)/t20-/m0/s1. The largest absolute Gasteiger partial charge is 0.289 e. The van der Waals surface area contributed by atoms with Gasteiger partial charge in [-0.15, -0.1) is 5.10 Å². The smallest absolute Gasteiger partial charge is 0.268 e. The Balaban J connectivity index is 2.00. The second-order valence-corrected chi connectivity index (χ2v) is 6.83. The maximum Gasteiger partial charge on any atom is 0.268 e. The van der Waals surface area contributed by atoms with Gasteiger partial charge in [0.1, 0.15) is 11.7 Å². The van der Waals surface area contributed by atoms with E-state index < -0.39 is 11.9 Å². The van der Waals surface area contributed by atoms with Crippen LogP contribution >= 0.6 is 0 Å². The van der Waals surface area contributed by atoms with Gasteiger partial charge in [-0.2, -0.15) is 0 Å². The number of unbranched alkanes of at least 4 members (excludes halogenated alkanes) is 2. The van der Waals surface area contributed by atoms with Crippen molar-refractivity contribution in [3.8, 4) is 11.3 Å². The van der Waals surface area contributed by atoms with Crippen LogP contribution in [0.15, 0.2) is 60.7 Å². The topological polar surface area (TPSA) is 80.0 Å². The molecule has 2 aromatic carbocycles. The fourth-order valence-electron chi connectivity index (χ4n) is 3.36. The van der Waals surface area contributed by atoms with Gasteiger partial charge in [0.25, 0.3) is 5.91 Å². The highest BCUT2D eigenvalue weighted by molar-refractivity contribution is 5.79. The maximum atomic E-state index is 12.5. The van der Waals surface area contributed by atoms with Gasteiger partial charge in [-0.3, -0.25) is 10.0 Å². The molecule has 0 spiro atoms. The Bertz CT molecular complexity index is 878. The van der Waals surface area contributed by atoms with Crippen molar-refractivity contribution < 1.29 is 10.0 Å². The van der Waals surface area contributed by atoms with Crippen molar-refractivity contribution in [3.63, 3.8) is 0 Å². The molecule has 0 saturated heterocycles. The van der Waals surface area contributed by atoms with Crippen LogP contribution in [0.4, 0.5) is 0 Å². The first kappa shape index (κ1) is 19.8. The molecule has 1 atom stereocenters. The molecule has 0 aliphatic carbocycles. The molecule has 3 aromatic rings. The number of rotatable bonds is 9. The first-order valence-electron chi connectivity index (χ1n) is 9.72. The van der Waals surface area contributed by atoms with Crippen molar-refractivity contribution in [1.82, 2.24) is 20.5 Å². The average Bonchev–Trinajstić information content (AvgIpc) is 3.16. The first-order chi connectivity index (χ1) is 13.7. The predicted octanol–water partition coefficient (Wildman–Crippen LogP) is 3.97. The minimum absolute atomic E-state index is 0.422. The van der Waals surface area contributed by atoms with Crippen molar-refractivity contribution in [3.05, 3.63) is 71.9 Å². The lowest BCUT2D eigenvalue weighted by molar-refractivity contribution is -0.133. The molecule has 0 aliphatic heterocycles. The van der Waals surface area contributed by atoms with Crippen LogP contribution in [0.25, 0.3) is 11.3 Å². The Morgan fingerprint density at radius 3 is 2.39 bits per heavy atom. The Labute approximate surface area is 165 Å². The lowest BCUT2D eigenvalue weighted by atomic mass is 10.0. The first-order valence-corrected chi connectivity index (χ1v) is 9.72. The van der Waals surface area contributed by atoms with Crippen LogP contribution < -0.4 is 5.48 Å². The average molecular weight is 378 g/mol. The SMILES string of the molecule is CCCCCc1c(-c2ccccc2)nnn1[C@@H](Cc1ccccc1)C(=O)NO. The van der Waals surface area contributed by atoms with Crippen molar-refractivity contribution in [1.29, 1.82) is 0 Å². The molecular weight excluding hydrogens is 352 g/mol. The normalized spacial score (nSPS) is 11.9. The third-order valence-electron chi connectivity index (χ3n) is 4.84. The van der Waals surface area contributed by atoms with Gasteiger partial charge in [0.15, 0.2) is 0 Å². The van der Waals surface area contributed by atoms with E-state index in [0.717, 1.165) is 48.2 Å². The Morgan fingerprint density at radius 2 is 1.75 bits per heavy atom. The van der Waals surface area contributed by atoms with Gasteiger partial charge >= 0.3 is 0 Å². The van der Waals surface area contributed by atoms with Crippen LogP contribution in [0.3, 0.4) is 0 Å². The van der Waals surface area contributed by atoms with E-state index in [1.807, 2.05) is 60.7 Å². The second-order valence-electron chi connectivity index (χ2n) is 6.83. The molecule has 6 nitrogen and oxygen atoms in total. The number of benzene rings is 2. The molecule has 2 N–H and O–H groups in total. The number of hydrogen-bond acceptors (Lipinski definition) is 4. The van der Waals surface area contributed by atoms with Gasteiger partial charge in [0.2, 0.25) is 0 Å². The monoisotopic (exact) mass is 378 g/mol. The van der Waals surface area contributed by atoms with E-state index in [-0.39, 0.29) is 0 Å². The summed E-state index contributed by atoms with van der Waals surface area (Å²) in [7, 11) is 0. The van der Waals surface area contributed by atoms with Crippen LogP contribution in [0.5, 0.6) is 0 Å². The number of aromatic nitrogens is 3. The Hall–Kier alpha value is -2.99. The highest BCUT2D eigenvalue weighted by Crippen LogP contribution is 2.26. The summed E-state index contributed by atoms with van der Waals surface area (Å²) in [4.78, 5) is 12.5. The molecule has 0 radical (unpaired) electrons. The molecule has 0 bridgehead atoms. The van der Waals surface area contributed by atoms with E-state index in [1.165, 1.54) is 0 Å². The van der Waals surface area contributed by atoms with Crippen LogP contribution in [0.1, 0.15) is 43.5 Å². The number of nitrogens with zero attached hydrogens (tertiary/aromatic N) is 3. The number of carbonyl (C=O) groups is 1. The van der Waals surface area contributed by atoms with E-state index in [4.69, 9.17) is 0 Å². The third-order valence-corrected chi connectivity index (χ3v) is 4.84. The molecule has 1 aromatic heterocycles. The number of carbonyl (C=O) groups excluding carboxylic acids is 1. The highest BCUT2D eigenvalue weighted by atomic mass is 16.5. The van der Waals surface area contributed by atoms with Crippen molar-refractivity contribution >= 4 is 5.91 Å². The van der Waals surface area contributed by atoms with E-state index in [0.29, 0.717) is 6.42 Å². The summed E-state index contributed by atoms with van der Waals surface area (Å²) in [6, 6.07) is 18.9. The quantitative estimate of drug-likeness (QED) is 0.335. The summed E-state index contributed by atoms with van der Waals surface area (Å²) in [5.74, 6) is -0.495. The minimum Gasteiger partial charge on any atom is -0.289 e. The van der Waals surface area contributed by atoms with E-state index in [1.54, 1.807) is 10.2 Å². The van der Waals surface area contributed by atoms with Gasteiger partial charge in [0.05, 0.1) is 5.69 Å². The number of nitrogens with one attached hydrogen (secondary N) is 1. The fourth-order valence-corrected chi connectivity index (χ4v) is 3.36. The second kappa shape index (κ2) is 9.80. The molecular formula is C22H26N4O2. The third kappa shape index (κ3) is 4.64. The molecule has 0 aliphatic rings. The predicted molar refractivity (Wildman–Crippen MR) is 108 cm³/mol. The summed E-state index contributed by atoms with van der Waals surface area (Å²) in [5.41, 5.74) is 5.48. The molecule has 0 fully saturated rings. The Kier molecular flexibility index (Phi) is 6.92. The van der Waals surface area contributed by atoms with Gasteiger partial charge in [0, 0.05) is 12.0 Å². The van der Waals surface area contributed by atoms with Gasteiger partial charge in [-0.1, -0.05) is 85.6 Å². The molecule has 6 heteroatoms. The highest BCUT2D eigenvalue weighted by Gasteiger charge is 2.26. The van der Waals surface area contributed by atoms with Crippen LogP contribution in [0.2, 0.25) is 0 Å². The van der Waals surface area contributed by atoms with Crippen LogP contribution in [-0.2, 0) is 17.6 Å². The fraction of sp³-hybridized carbons (Fsp3) is 0.318. The molecule has 3 rings (SSSR count). The zero-order valence-electron chi connectivity index (χ0n) is 16.1. The Morgan fingerprint density at radius 1 is 1.07 bits per heavy atom. The lowest BCUT2D eigenvalue weighted by Crippen LogP contribution is -2.33. The number of hydroxylamine groups is 1. The summed E-state index contributed by atoms with van der Waals surface area (Å²) >= 11 is 0. The number of hydrogen-bond donors (Lipinski definition) is 2. The van der Waals surface area contributed by atoms with Gasteiger partial charge < -0.3 is 0 Å². The molecule has 146 valence electrons. The van der Waals surface area contributed by atoms with E-state index in [9.17, 15) is 10.0 Å². The maximum absolute atomic E-state index is 12.5. The zero-order chi connectivity index (χ0) is 19.8. The lowest BCUT2D eigenvalue weighted by Gasteiger charge is -2.18. The number of amides is 1. The van der Waals surface area contributed by atoms with Crippen LogP contribution in [0, 0.1) is 0 Å². The van der Waals surface area contributed by atoms with Gasteiger partial charge in [-0.05, 0) is 18.4 Å². The summed E-state index contributed by atoms with van der Waals surface area (Å²) in [6.07, 6.45) is 4.38. The van der Waals surface area contributed by atoms with Crippen molar-refractivity contribution in [2.45, 2.75) is 45.1 Å². The zero-order valence-corrected chi connectivity index (χ0v) is 16.1. The van der Waals surface area contributed by atoms with Crippen LogP contribution in [-0.4, -0.2) is 26.1 Å².